The Kier molecular flexibility index (Phi) is 9.92. The highest BCUT2D eigenvalue weighted by Gasteiger charge is 2.30. The molecule has 2 aromatic rings. The largest absolute Gasteiger partial charge is 0.370 e. The van der Waals surface area contributed by atoms with Crippen molar-refractivity contribution < 1.29 is 19.2 Å². The smallest absolute Gasteiger partial charge is 0.242 e. The molecule has 1 aliphatic rings. The second kappa shape index (κ2) is 13.3. The minimum absolute atomic E-state index is 0.0435. The van der Waals surface area contributed by atoms with Gasteiger partial charge in [0.15, 0.2) is 11.0 Å². The van der Waals surface area contributed by atoms with Crippen molar-refractivity contribution in [2.24, 2.45) is 16.5 Å². The van der Waals surface area contributed by atoms with Crippen molar-refractivity contribution in [2.45, 2.75) is 31.7 Å². The van der Waals surface area contributed by atoms with E-state index in [2.05, 4.69) is 15.3 Å². The van der Waals surface area contributed by atoms with Crippen molar-refractivity contribution in [2.75, 3.05) is 32.7 Å². The molecule has 1 saturated heterocycles. The molecule has 1 unspecified atom stereocenters. The van der Waals surface area contributed by atoms with E-state index in [0.29, 0.717) is 43.8 Å². The highest BCUT2D eigenvalue weighted by molar-refractivity contribution is 7.11. The molecule has 1 aromatic heterocycles. The van der Waals surface area contributed by atoms with Crippen molar-refractivity contribution in [1.29, 1.82) is 0 Å². The van der Waals surface area contributed by atoms with Gasteiger partial charge in [-0.2, -0.15) is 0 Å². The molecule has 1 fully saturated rings. The third kappa shape index (κ3) is 8.15. The number of carbonyl (C=O) groups excluding carboxylic acids is 4. The summed E-state index contributed by atoms with van der Waals surface area (Å²) in [5, 5.41) is 4.70. The Labute approximate surface area is 213 Å². The fourth-order valence-electron chi connectivity index (χ4n) is 3.82. The van der Waals surface area contributed by atoms with E-state index in [1.807, 2.05) is 30.3 Å². The third-order valence-corrected chi connectivity index (χ3v) is 6.50. The summed E-state index contributed by atoms with van der Waals surface area (Å²) in [6.45, 7) is 0.658. The van der Waals surface area contributed by atoms with E-state index in [0.717, 1.165) is 5.56 Å². The van der Waals surface area contributed by atoms with Crippen LogP contribution in [0.25, 0.3) is 0 Å². The number of amides is 3. The molecular weight excluding hydrogens is 482 g/mol. The summed E-state index contributed by atoms with van der Waals surface area (Å²) in [4.78, 5) is 61.6. The second-order valence-corrected chi connectivity index (χ2v) is 9.28. The first kappa shape index (κ1) is 26.8. The van der Waals surface area contributed by atoms with Gasteiger partial charge in [0.2, 0.25) is 23.5 Å². The number of benzene rings is 1. The molecule has 0 saturated carbocycles. The molecule has 0 bridgehead atoms. The number of nitrogens with two attached hydrogens (primary N) is 2. The number of carbonyl (C=O) groups is 4. The van der Waals surface area contributed by atoms with Crippen LogP contribution in [0.5, 0.6) is 0 Å². The quantitative estimate of drug-likeness (QED) is 0.157. The van der Waals surface area contributed by atoms with Gasteiger partial charge in [-0.1, -0.05) is 30.3 Å². The van der Waals surface area contributed by atoms with Gasteiger partial charge in [0.05, 0.1) is 19.1 Å². The molecule has 3 amide bonds. The van der Waals surface area contributed by atoms with Gasteiger partial charge in [-0.25, -0.2) is 4.98 Å². The lowest BCUT2D eigenvalue weighted by atomic mass is 10.1. The van der Waals surface area contributed by atoms with Crippen molar-refractivity contribution in [3.8, 4) is 0 Å². The molecule has 1 atom stereocenters. The van der Waals surface area contributed by atoms with Crippen LogP contribution in [-0.2, 0) is 20.8 Å². The van der Waals surface area contributed by atoms with Crippen molar-refractivity contribution in [1.82, 2.24) is 20.1 Å². The lowest BCUT2D eigenvalue weighted by molar-refractivity contribution is -0.146. The summed E-state index contributed by atoms with van der Waals surface area (Å²) >= 11 is 1.19. The van der Waals surface area contributed by atoms with Gasteiger partial charge in [0.1, 0.15) is 0 Å². The van der Waals surface area contributed by atoms with E-state index in [4.69, 9.17) is 11.5 Å². The van der Waals surface area contributed by atoms with E-state index < -0.39 is 11.9 Å². The van der Waals surface area contributed by atoms with Gasteiger partial charge in [-0.3, -0.25) is 24.2 Å². The minimum atomic E-state index is -0.811. The summed E-state index contributed by atoms with van der Waals surface area (Å²) in [5.74, 6) is -1.20. The first-order valence-electron chi connectivity index (χ1n) is 11.7. The number of thiazole rings is 1. The normalized spacial score (nSPS) is 14.3. The third-order valence-electron chi connectivity index (χ3n) is 5.72. The summed E-state index contributed by atoms with van der Waals surface area (Å²) in [6.07, 6.45) is 3.24. The van der Waals surface area contributed by atoms with E-state index in [1.54, 1.807) is 5.38 Å². The van der Waals surface area contributed by atoms with E-state index in [1.165, 1.54) is 27.3 Å². The van der Waals surface area contributed by atoms with E-state index in [9.17, 15) is 19.2 Å². The predicted octanol–water partition coefficient (Wildman–Crippen LogP) is 0.168. The maximum Gasteiger partial charge on any atom is 0.242 e. The van der Waals surface area contributed by atoms with Crippen molar-refractivity contribution in [3.05, 3.63) is 52.5 Å². The average molecular weight is 514 g/mol. The molecule has 36 heavy (non-hydrogen) atoms. The number of hydrogen-bond acceptors (Lipinski definition) is 7. The molecule has 192 valence electrons. The molecule has 1 aromatic carbocycles. The van der Waals surface area contributed by atoms with Gasteiger partial charge in [-0.05, 0) is 24.8 Å². The Morgan fingerprint density at radius 2 is 1.94 bits per heavy atom. The topological polar surface area (TPSA) is 164 Å². The molecule has 12 heteroatoms. The Hall–Kier alpha value is -3.80. The van der Waals surface area contributed by atoms with Gasteiger partial charge < -0.3 is 26.6 Å². The summed E-state index contributed by atoms with van der Waals surface area (Å²) in [6, 6.07) is 8.88. The van der Waals surface area contributed by atoms with Crippen LogP contribution < -0.4 is 16.8 Å². The fraction of sp³-hybridized carbons (Fsp3) is 0.417. The van der Waals surface area contributed by atoms with Gasteiger partial charge in [0.25, 0.3) is 0 Å². The van der Waals surface area contributed by atoms with Gasteiger partial charge >= 0.3 is 0 Å². The number of ketones is 1. The fourth-order valence-corrected chi connectivity index (χ4v) is 4.45. The number of nitrogens with one attached hydrogen (secondary N) is 1. The van der Waals surface area contributed by atoms with Crippen LogP contribution in [0.1, 0.15) is 34.6 Å². The number of aryl methyl sites for hydroxylation is 1. The van der Waals surface area contributed by atoms with Crippen LogP contribution in [0.4, 0.5) is 0 Å². The Bertz CT molecular complexity index is 1070. The molecule has 0 aliphatic carbocycles. The molecule has 0 radical (unpaired) electrons. The predicted molar refractivity (Wildman–Crippen MR) is 136 cm³/mol. The highest BCUT2D eigenvalue weighted by atomic mass is 32.1. The first-order valence-corrected chi connectivity index (χ1v) is 12.6. The maximum absolute atomic E-state index is 12.8. The summed E-state index contributed by atoms with van der Waals surface area (Å²) in [7, 11) is 0. The zero-order valence-electron chi connectivity index (χ0n) is 20.0. The monoisotopic (exact) mass is 513 g/mol. The van der Waals surface area contributed by atoms with E-state index >= 15 is 0 Å². The molecular formula is C24H31N7O4S. The standard InChI is InChI=1S/C24H31N7O4S/c25-24(26)28-10-4-7-18(22(35)23-27-11-14-36-23)29-19(32)15-30-12-13-31(16-21(30)34)20(33)9-8-17-5-2-1-3-6-17/h1-3,5-6,11,14,18H,4,7-10,12-13,15-16H2,(H,29,32)(H4,25,26,28). The molecule has 3 rings (SSSR count). The summed E-state index contributed by atoms with van der Waals surface area (Å²) < 4.78 is 0. The Morgan fingerprint density at radius 3 is 2.61 bits per heavy atom. The van der Waals surface area contributed by atoms with Crippen LogP contribution >= 0.6 is 11.3 Å². The van der Waals surface area contributed by atoms with Crippen LogP contribution in [0.15, 0.2) is 46.9 Å². The average Bonchev–Trinajstić information content (AvgIpc) is 3.41. The SMILES string of the molecule is NC(N)=NCCCC(NC(=O)CN1CCN(C(=O)CCc2ccccc2)CC1=O)C(=O)c1nccs1. The van der Waals surface area contributed by atoms with E-state index in [-0.39, 0.29) is 43.2 Å². The Balaban J connectivity index is 1.50. The second-order valence-electron chi connectivity index (χ2n) is 8.39. The zero-order valence-corrected chi connectivity index (χ0v) is 20.8. The number of aromatic nitrogens is 1. The van der Waals surface area contributed by atoms with Crippen LogP contribution in [-0.4, -0.2) is 83.0 Å². The molecule has 2 heterocycles. The van der Waals surface area contributed by atoms with Crippen molar-refractivity contribution in [3.63, 3.8) is 0 Å². The number of nitrogens with zero attached hydrogens (tertiary/aromatic N) is 4. The molecule has 11 nitrogen and oxygen atoms in total. The number of rotatable bonds is 12. The van der Waals surface area contributed by atoms with Gasteiger partial charge in [0, 0.05) is 37.6 Å². The van der Waals surface area contributed by atoms with Crippen LogP contribution in [0, 0.1) is 0 Å². The summed E-state index contributed by atoms with van der Waals surface area (Å²) in [5.41, 5.74) is 11.7. The first-order chi connectivity index (χ1) is 17.3. The maximum atomic E-state index is 12.8. The number of piperazine rings is 1. The minimum Gasteiger partial charge on any atom is -0.370 e. The highest BCUT2D eigenvalue weighted by Crippen LogP contribution is 2.12. The lowest BCUT2D eigenvalue weighted by Gasteiger charge is -2.34. The number of guanidine groups is 1. The molecule has 1 aliphatic heterocycles. The Morgan fingerprint density at radius 1 is 1.17 bits per heavy atom. The molecule has 5 N–H and O–H groups in total. The van der Waals surface area contributed by atoms with Crippen molar-refractivity contribution >= 4 is 40.8 Å². The zero-order chi connectivity index (χ0) is 25.9. The lowest BCUT2D eigenvalue weighted by Crippen LogP contribution is -2.55. The van der Waals surface area contributed by atoms with Gasteiger partial charge in [-0.15, -0.1) is 11.3 Å². The molecule has 0 spiro atoms. The number of hydrogen-bond donors (Lipinski definition) is 3. The van der Waals surface area contributed by atoms with Crippen LogP contribution in [0.3, 0.4) is 0 Å². The number of aliphatic imine (C=N–C) groups is 1. The van der Waals surface area contributed by atoms with Crippen LogP contribution in [0.2, 0.25) is 0 Å². The number of Topliss-reactive ketones (excluding diaryl/α,β-unsaturated/α-hetero) is 1.